The van der Waals surface area contributed by atoms with Crippen LogP contribution in [0.3, 0.4) is 0 Å². The first-order valence-electron chi connectivity index (χ1n) is 12.6. The Labute approximate surface area is 215 Å². The van der Waals surface area contributed by atoms with Crippen LogP contribution >= 0.6 is 0 Å². The van der Waals surface area contributed by atoms with Crippen LogP contribution in [0.25, 0.3) is 10.9 Å². The van der Waals surface area contributed by atoms with E-state index in [9.17, 15) is 4.79 Å². The van der Waals surface area contributed by atoms with Gasteiger partial charge in [0.2, 0.25) is 0 Å². The first kappa shape index (κ1) is 24.9. The Bertz CT molecular complexity index is 1380. The summed E-state index contributed by atoms with van der Waals surface area (Å²) in [7, 11) is 1.65. The Morgan fingerprint density at radius 3 is 2.70 bits per heavy atom. The number of nitrogens with one attached hydrogen (secondary N) is 1. The highest BCUT2D eigenvalue weighted by Gasteiger charge is 2.21. The number of hydrogen-bond acceptors (Lipinski definition) is 8. The average molecular weight is 505 g/mol. The van der Waals surface area contributed by atoms with Crippen molar-refractivity contribution in [3.63, 3.8) is 0 Å². The molecule has 194 valence electrons. The van der Waals surface area contributed by atoms with Gasteiger partial charge in [-0.15, -0.1) is 5.10 Å². The Morgan fingerprint density at radius 1 is 1.11 bits per heavy atom. The molecule has 3 heterocycles. The van der Waals surface area contributed by atoms with Crippen molar-refractivity contribution >= 4 is 10.9 Å². The van der Waals surface area contributed by atoms with Crippen LogP contribution in [-0.4, -0.2) is 56.5 Å². The maximum absolute atomic E-state index is 13.0. The van der Waals surface area contributed by atoms with Crippen molar-refractivity contribution in [1.29, 1.82) is 0 Å². The molecule has 1 atom stereocenters. The number of hydrogen-bond donors (Lipinski definition) is 1. The quantitative estimate of drug-likeness (QED) is 0.332. The third kappa shape index (κ3) is 6.15. The second-order valence-corrected chi connectivity index (χ2v) is 9.21. The van der Waals surface area contributed by atoms with Crippen molar-refractivity contribution < 1.29 is 14.2 Å². The fourth-order valence-electron chi connectivity index (χ4n) is 4.66. The van der Waals surface area contributed by atoms with Gasteiger partial charge in [-0.2, -0.15) is 0 Å². The fourth-order valence-corrected chi connectivity index (χ4v) is 4.66. The maximum Gasteiger partial charge on any atom is 0.252 e. The first-order chi connectivity index (χ1) is 18.1. The molecular weight excluding hydrogens is 472 g/mol. The highest BCUT2D eigenvalue weighted by molar-refractivity contribution is 5.80. The topological polar surface area (TPSA) is 107 Å². The summed E-state index contributed by atoms with van der Waals surface area (Å²) in [5, 5.41) is 13.3. The van der Waals surface area contributed by atoms with E-state index in [0.29, 0.717) is 38.3 Å². The first-order valence-corrected chi connectivity index (χ1v) is 12.6. The zero-order chi connectivity index (χ0) is 25.6. The molecule has 0 bridgehead atoms. The Kier molecular flexibility index (Phi) is 7.76. The number of tetrazole rings is 1. The maximum atomic E-state index is 13.0. The molecule has 0 spiro atoms. The molecular formula is C27H32N6O4. The number of pyridine rings is 1. The largest absolute Gasteiger partial charge is 0.497 e. The summed E-state index contributed by atoms with van der Waals surface area (Å²) in [6.07, 6.45) is 2.19. The van der Waals surface area contributed by atoms with Crippen molar-refractivity contribution in [2.45, 2.75) is 52.0 Å². The van der Waals surface area contributed by atoms with Gasteiger partial charge in [-0.1, -0.05) is 12.1 Å². The lowest BCUT2D eigenvalue weighted by atomic mass is 10.1. The number of ether oxygens (including phenoxy) is 3. The molecule has 0 amide bonds. The van der Waals surface area contributed by atoms with Gasteiger partial charge in [-0.05, 0) is 72.2 Å². The van der Waals surface area contributed by atoms with Gasteiger partial charge in [0.05, 0.1) is 32.9 Å². The lowest BCUT2D eigenvalue weighted by molar-refractivity contribution is 0.0914. The van der Waals surface area contributed by atoms with E-state index in [2.05, 4.69) is 25.4 Å². The van der Waals surface area contributed by atoms with E-state index in [1.165, 1.54) is 0 Å². The van der Waals surface area contributed by atoms with E-state index in [4.69, 9.17) is 14.2 Å². The smallest absolute Gasteiger partial charge is 0.252 e. The highest BCUT2D eigenvalue weighted by Crippen LogP contribution is 2.21. The minimum absolute atomic E-state index is 0.115. The van der Waals surface area contributed by atoms with E-state index in [1.54, 1.807) is 7.11 Å². The number of nitrogens with zero attached hydrogens (tertiary/aromatic N) is 5. The number of fused-ring (bicyclic) bond motifs is 1. The van der Waals surface area contributed by atoms with Gasteiger partial charge < -0.3 is 19.2 Å². The van der Waals surface area contributed by atoms with Crippen molar-refractivity contribution in [2.24, 2.45) is 0 Å². The van der Waals surface area contributed by atoms with Crippen LogP contribution in [0.2, 0.25) is 0 Å². The Balaban J connectivity index is 1.42. The predicted molar refractivity (Wildman–Crippen MR) is 138 cm³/mol. The monoisotopic (exact) mass is 504 g/mol. The molecule has 1 aliphatic heterocycles. The third-order valence-electron chi connectivity index (χ3n) is 6.53. The van der Waals surface area contributed by atoms with Gasteiger partial charge >= 0.3 is 0 Å². The second-order valence-electron chi connectivity index (χ2n) is 9.21. The Morgan fingerprint density at radius 2 is 1.95 bits per heavy atom. The van der Waals surface area contributed by atoms with E-state index in [1.807, 2.05) is 60.1 Å². The fraction of sp³-hybridized carbons (Fsp3) is 0.407. The minimum Gasteiger partial charge on any atom is -0.497 e. The molecule has 4 aromatic rings. The summed E-state index contributed by atoms with van der Waals surface area (Å²) in [5.74, 6) is 2.31. The molecule has 1 aliphatic rings. The number of aromatic nitrogens is 5. The molecule has 0 radical (unpaired) electrons. The summed E-state index contributed by atoms with van der Waals surface area (Å²) < 4.78 is 18.6. The molecule has 2 aromatic carbocycles. The molecule has 1 saturated heterocycles. The number of aromatic amines is 1. The summed E-state index contributed by atoms with van der Waals surface area (Å²) in [6.45, 7) is 5.43. The van der Waals surface area contributed by atoms with E-state index in [0.717, 1.165) is 53.2 Å². The van der Waals surface area contributed by atoms with Gasteiger partial charge in [0.1, 0.15) is 11.5 Å². The molecule has 0 saturated carbocycles. The number of H-pyrrole nitrogens is 1. The standard InChI is InChI=1S/C27H32N6O4/c1-3-36-23-10-11-25-20(14-23)13-21(27(34)28-25)16-32(15-19-6-8-22(35-2)9-7-19)18-26-29-30-31-33(26)17-24-5-4-12-37-24/h6-11,13-14,24H,3-5,12,15-18H2,1-2H3,(H,28,34)/t24-/m0/s1. The molecule has 2 aromatic heterocycles. The van der Waals surface area contributed by atoms with Gasteiger partial charge in [-0.3, -0.25) is 9.69 Å². The number of methoxy groups -OCH3 is 1. The van der Waals surface area contributed by atoms with Crippen LogP contribution in [0.4, 0.5) is 0 Å². The van der Waals surface area contributed by atoms with Crippen LogP contribution in [0.1, 0.15) is 36.7 Å². The molecule has 1 N–H and O–H groups in total. The summed E-state index contributed by atoms with van der Waals surface area (Å²) in [6, 6.07) is 15.6. The third-order valence-corrected chi connectivity index (χ3v) is 6.53. The van der Waals surface area contributed by atoms with Crippen molar-refractivity contribution in [2.75, 3.05) is 20.3 Å². The number of benzene rings is 2. The average Bonchev–Trinajstić information content (AvgIpc) is 3.58. The van der Waals surface area contributed by atoms with E-state index >= 15 is 0 Å². The molecule has 37 heavy (non-hydrogen) atoms. The lowest BCUT2D eigenvalue weighted by Gasteiger charge is -2.22. The van der Waals surface area contributed by atoms with Crippen LogP contribution in [0.15, 0.2) is 53.3 Å². The lowest BCUT2D eigenvalue weighted by Crippen LogP contribution is -2.29. The zero-order valence-electron chi connectivity index (χ0n) is 21.2. The van der Waals surface area contributed by atoms with Crippen LogP contribution in [0.5, 0.6) is 11.5 Å². The Hall–Kier alpha value is -3.76. The molecule has 10 heteroatoms. The van der Waals surface area contributed by atoms with Crippen LogP contribution < -0.4 is 15.0 Å². The van der Waals surface area contributed by atoms with E-state index in [-0.39, 0.29) is 11.7 Å². The van der Waals surface area contributed by atoms with Gasteiger partial charge in [0.15, 0.2) is 5.82 Å². The van der Waals surface area contributed by atoms with Crippen molar-refractivity contribution in [3.05, 3.63) is 75.8 Å². The van der Waals surface area contributed by atoms with Crippen molar-refractivity contribution in [1.82, 2.24) is 30.1 Å². The van der Waals surface area contributed by atoms with Gasteiger partial charge in [0.25, 0.3) is 5.56 Å². The molecule has 1 fully saturated rings. The number of rotatable bonds is 11. The normalized spacial score (nSPS) is 15.5. The summed E-state index contributed by atoms with van der Waals surface area (Å²) in [4.78, 5) is 18.2. The highest BCUT2D eigenvalue weighted by atomic mass is 16.5. The summed E-state index contributed by atoms with van der Waals surface area (Å²) >= 11 is 0. The second kappa shape index (κ2) is 11.5. The molecule has 5 rings (SSSR count). The predicted octanol–water partition coefficient (Wildman–Crippen LogP) is 3.30. The molecule has 0 aliphatic carbocycles. The van der Waals surface area contributed by atoms with Gasteiger partial charge in [0, 0.05) is 36.2 Å². The van der Waals surface area contributed by atoms with Crippen molar-refractivity contribution in [3.8, 4) is 11.5 Å². The zero-order valence-corrected chi connectivity index (χ0v) is 21.2. The summed E-state index contributed by atoms with van der Waals surface area (Å²) in [5.41, 5.74) is 2.41. The van der Waals surface area contributed by atoms with Crippen LogP contribution in [-0.2, 0) is 30.9 Å². The minimum atomic E-state index is -0.115. The molecule has 0 unspecified atom stereocenters. The SMILES string of the molecule is CCOc1ccc2[nH]c(=O)c(CN(Cc3ccc(OC)cc3)Cc3nnnn3C[C@@H]3CCCO3)cc2c1. The van der Waals surface area contributed by atoms with Crippen LogP contribution in [0, 0.1) is 0 Å². The van der Waals surface area contributed by atoms with E-state index < -0.39 is 0 Å². The molecule has 10 nitrogen and oxygen atoms in total. The van der Waals surface area contributed by atoms with Gasteiger partial charge in [-0.25, -0.2) is 4.68 Å².